The minimum absolute atomic E-state index is 0.0421. The highest BCUT2D eigenvalue weighted by Crippen LogP contribution is 2.32. The maximum Gasteiger partial charge on any atom is 0.310 e. The lowest BCUT2D eigenvalue weighted by atomic mass is 10.0. The van der Waals surface area contributed by atoms with Crippen LogP contribution in [0.3, 0.4) is 0 Å². The fraction of sp³-hybridized carbons (Fsp3) is 0.167. The number of rotatable bonds is 7. The van der Waals surface area contributed by atoms with Crippen molar-refractivity contribution in [3.63, 3.8) is 0 Å². The van der Waals surface area contributed by atoms with Crippen LogP contribution in [-0.4, -0.2) is 25.3 Å². The zero-order valence-corrected chi connectivity index (χ0v) is 16.8. The van der Waals surface area contributed by atoms with Gasteiger partial charge in [-0.3, -0.25) is 4.79 Å². The Hall–Kier alpha value is -3.80. The van der Waals surface area contributed by atoms with Crippen LogP contribution in [0.15, 0.2) is 71.3 Å². The van der Waals surface area contributed by atoms with Gasteiger partial charge in [0.05, 0.1) is 20.6 Å². The number of hydrogen-bond donors (Lipinski definition) is 0. The molecule has 1 aromatic heterocycles. The van der Waals surface area contributed by atoms with Gasteiger partial charge in [-0.25, -0.2) is 0 Å². The highest BCUT2D eigenvalue weighted by atomic mass is 16.5. The van der Waals surface area contributed by atoms with Gasteiger partial charge in [-0.2, -0.15) is 0 Å². The first-order valence-corrected chi connectivity index (χ1v) is 9.48. The van der Waals surface area contributed by atoms with Gasteiger partial charge < -0.3 is 18.7 Å². The summed E-state index contributed by atoms with van der Waals surface area (Å²) in [5.74, 6) is 1.45. The van der Waals surface area contributed by atoms with E-state index in [0.29, 0.717) is 23.0 Å². The molecule has 0 radical (unpaired) electrons. The highest BCUT2D eigenvalue weighted by Gasteiger charge is 2.13. The molecule has 0 aliphatic heterocycles. The number of hydrogen-bond acceptors (Lipinski definition) is 6. The van der Waals surface area contributed by atoms with Gasteiger partial charge in [0.25, 0.3) is 0 Å². The Balaban J connectivity index is 1.41. The van der Waals surface area contributed by atoms with Crippen molar-refractivity contribution in [3.8, 4) is 22.8 Å². The minimum Gasteiger partial charge on any atom is -0.493 e. The van der Waals surface area contributed by atoms with Crippen LogP contribution < -0.4 is 9.47 Å². The highest BCUT2D eigenvalue weighted by molar-refractivity contribution is 5.89. The molecule has 6 nitrogen and oxygen atoms in total. The number of nitrogens with zero attached hydrogens (tertiary/aromatic N) is 1. The number of carbonyl (C=O) groups excluding carboxylic acids is 1. The van der Waals surface area contributed by atoms with Gasteiger partial charge in [-0.05, 0) is 34.5 Å². The van der Waals surface area contributed by atoms with Crippen LogP contribution in [-0.2, 0) is 22.6 Å². The SMILES string of the molecule is COc1ccc(-c2cc(COC(=O)Cc3cccc4ccccc34)no2)cc1OC. The Morgan fingerprint density at radius 1 is 0.933 bits per heavy atom. The summed E-state index contributed by atoms with van der Waals surface area (Å²) in [4.78, 5) is 12.3. The third kappa shape index (κ3) is 4.12. The molecule has 0 aliphatic carbocycles. The molecule has 0 unspecified atom stereocenters. The molecule has 152 valence electrons. The van der Waals surface area contributed by atoms with E-state index in [-0.39, 0.29) is 19.0 Å². The van der Waals surface area contributed by atoms with E-state index in [1.807, 2.05) is 48.5 Å². The molecule has 0 atom stereocenters. The zero-order valence-electron chi connectivity index (χ0n) is 16.8. The van der Waals surface area contributed by atoms with E-state index in [4.69, 9.17) is 18.7 Å². The summed E-state index contributed by atoms with van der Waals surface area (Å²) in [7, 11) is 3.15. The van der Waals surface area contributed by atoms with Crippen LogP contribution in [0.1, 0.15) is 11.3 Å². The summed E-state index contributed by atoms with van der Waals surface area (Å²) >= 11 is 0. The van der Waals surface area contributed by atoms with E-state index >= 15 is 0 Å². The van der Waals surface area contributed by atoms with Crippen LogP contribution in [0.25, 0.3) is 22.1 Å². The Morgan fingerprint density at radius 2 is 1.73 bits per heavy atom. The molecule has 0 fully saturated rings. The first kappa shape index (κ1) is 19.5. The summed E-state index contributed by atoms with van der Waals surface area (Å²) in [5, 5.41) is 6.14. The number of benzene rings is 3. The molecular weight excluding hydrogens is 382 g/mol. The average molecular weight is 403 g/mol. The molecule has 1 heterocycles. The van der Waals surface area contributed by atoms with Crippen molar-refractivity contribution < 1.29 is 23.5 Å². The molecule has 3 aromatic carbocycles. The van der Waals surface area contributed by atoms with E-state index in [2.05, 4.69) is 5.16 Å². The molecule has 6 heteroatoms. The van der Waals surface area contributed by atoms with Gasteiger partial charge in [-0.1, -0.05) is 47.6 Å². The molecule has 0 bridgehead atoms. The standard InChI is InChI=1S/C24H21NO5/c1-27-21-11-10-18(12-23(21)28-2)22-14-19(25-30-22)15-29-24(26)13-17-8-5-7-16-6-3-4-9-20(16)17/h3-12,14H,13,15H2,1-2H3. The largest absolute Gasteiger partial charge is 0.493 e. The van der Waals surface area contributed by atoms with Gasteiger partial charge in [0.1, 0.15) is 12.3 Å². The van der Waals surface area contributed by atoms with Gasteiger partial charge >= 0.3 is 5.97 Å². The van der Waals surface area contributed by atoms with Crippen molar-refractivity contribution >= 4 is 16.7 Å². The quantitative estimate of drug-likeness (QED) is 0.413. The van der Waals surface area contributed by atoms with Crippen LogP contribution in [0.4, 0.5) is 0 Å². The fourth-order valence-corrected chi connectivity index (χ4v) is 3.31. The maximum absolute atomic E-state index is 12.3. The first-order valence-electron chi connectivity index (χ1n) is 9.48. The van der Waals surface area contributed by atoms with Gasteiger partial charge in [0, 0.05) is 11.6 Å². The molecule has 4 rings (SSSR count). The zero-order chi connectivity index (χ0) is 20.9. The van der Waals surface area contributed by atoms with Crippen LogP contribution >= 0.6 is 0 Å². The third-order valence-corrected chi connectivity index (χ3v) is 4.82. The van der Waals surface area contributed by atoms with Gasteiger partial charge in [0.15, 0.2) is 17.3 Å². The molecule has 0 spiro atoms. The Kier molecular flexibility index (Phi) is 5.66. The van der Waals surface area contributed by atoms with E-state index in [0.717, 1.165) is 21.9 Å². The summed E-state index contributed by atoms with van der Waals surface area (Å²) < 4.78 is 21.4. The second kappa shape index (κ2) is 8.69. The van der Waals surface area contributed by atoms with E-state index in [9.17, 15) is 4.79 Å². The number of ether oxygens (including phenoxy) is 3. The van der Waals surface area contributed by atoms with Crippen molar-refractivity contribution in [2.75, 3.05) is 14.2 Å². The predicted octanol–water partition coefficient (Wildman–Crippen LogP) is 4.80. The Morgan fingerprint density at radius 3 is 2.57 bits per heavy atom. The van der Waals surface area contributed by atoms with Crippen molar-refractivity contribution in [2.24, 2.45) is 0 Å². The van der Waals surface area contributed by atoms with E-state index in [1.165, 1.54) is 0 Å². The van der Waals surface area contributed by atoms with Crippen molar-refractivity contribution in [1.29, 1.82) is 0 Å². The Bertz CT molecular complexity index is 1180. The van der Waals surface area contributed by atoms with Gasteiger partial charge in [0.2, 0.25) is 0 Å². The molecule has 4 aromatic rings. The smallest absolute Gasteiger partial charge is 0.310 e. The van der Waals surface area contributed by atoms with Crippen LogP contribution in [0.2, 0.25) is 0 Å². The molecular formula is C24H21NO5. The molecule has 30 heavy (non-hydrogen) atoms. The lowest BCUT2D eigenvalue weighted by Crippen LogP contribution is -2.08. The Labute approximate surface area is 174 Å². The summed E-state index contributed by atoms with van der Waals surface area (Å²) in [6.45, 7) is 0.0421. The van der Waals surface area contributed by atoms with Gasteiger partial charge in [-0.15, -0.1) is 0 Å². The van der Waals surface area contributed by atoms with Crippen molar-refractivity contribution in [1.82, 2.24) is 5.16 Å². The maximum atomic E-state index is 12.3. The summed E-state index contributed by atoms with van der Waals surface area (Å²) in [5.41, 5.74) is 2.25. The second-order valence-electron chi connectivity index (χ2n) is 6.73. The molecule has 0 N–H and O–H groups in total. The molecule has 0 saturated heterocycles. The topological polar surface area (TPSA) is 70.8 Å². The monoisotopic (exact) mass is 403 g/mol. The fourth-order valence-electron chi connectivity index (χ4n) is 3.31. The summed E-state index contributed by atoms with van der Waals surface area (Å²) in [6, 6.07) is 21.1. The van der Waals surface area contributed by atoms with Crippen molar-refractivity contribution in [2.45, 2.75) is 13.0 Å². The third-order valence-electron chi connectivity index (χ3n) is 4.82. The van der Waals surface area contributed by atoms with Crippen LogP contribution in [0.5, 0.6) is 11.5 Å². The predicted molar refractivity (Wildman–Crippen MR) is 112 cm³/mol. The number of carbonyl (C=O) groups is 1. The average Bonchev–Trinajstić information content (AvgIpc) is 3.26. The number of methoxy groups -OCH3 is 2. The molecule has 0 aliphatic rings. The lowest BCUT2D eigenvalue weighted by Gasteiger charge is -2.07. The minimum atomic E-state index is -0.318. The number of aromatic nitrogens is 1. The second-order valence-corrected chi connectivity index (χ2v) is 6.73. The van der Waals surface area contributed by atoms with E-state index < -0.39 is 0 Å². The molecule has 0 saturated carbocycles. The van der Waals surface area contributed by atoms with Crippen LogP contribution in [0, 0.1) is 0 Å². The summed E-state index contributed by atoms with van der Waals surface area (Å²) in [6.07, 6.45) is 0.196. The number of fused-ring (bicyclic) bond motifs is 1. The number of esters is 1. The van der Waals surface area contributed by atoms with Crippen molar-refractivity contribution in [3.05, 3.63) is 78.0 Å². The normalized spacial score (nSPS) is 10.7. The molecule has 0 amide bonds. The first-order chi connectivity index (χ1) is 14.7. The lowest BCUT2D eigenvalue weighted by molar-refractivity contribution is -0.144. The van der Waals surface area contributed by atoms with E-state index in [1.54, 1.807) is 32.4 Å².